The molecular weight excluding hydrogens is 256 g/mol. The van der Waals surface area contributed by atoms with Gasteiger partial charge >= 0.3 is 0 Å². The maximum atomic E-state index is 11.0. The first-order chi connectivity index (χ1) is 8.99. The zero-order chi connectivity index (χ0) is 14.0. The Balaban J connectivity index is 2.36. The maximum Gasteiger partial charge on any atom is 0.284 e. The summed E-state index contributed by atoms with van der Waals surface area (Å²) < 4.78 is 10.5. The van der Waals surface area contributed by atoms with Crippen molar-refractivity contribution in [3.63, 3.8) is 0 Å². The van der Waals surface area contributed by atoms with E-state index < -0.39 is 21.8 Å². The van der Waals surface area contributed by atoms with Gasteiger partial charge in [0, 0.05) is 6.07 Å². The summed E-state index contributed by atoms with van der Waals surface area (Å²) in [6.07, 6.45) is -0.910. The van der Waals surface area contributed by atoms with Gasteiger partial charge in [-0.3, -0.25) is 20.2 Å². The second-order valence-electron chi connectivity index (χ2n) is 3.96. The number of nitro benzene ring substituents is 2. The average Bonchev–Trinajstić information content (AvgIpc) is 2.38. The lowest BCUT2D eigenvalue weighted by atomic mass is 10.1. The van der Waals surface area contributed by atoms with E-state index in [1.165, 1.54) is 12.1 Å². The van der Waals surface area contributed by atoms with Crippen LogP contribution in [0.2, 0.25) is 0 Å². The van der Waals surface area contributed by atoms with Crippen LogP contribution in [-0.2, 0) is 9.47 Å². The summed E-state index contributed by atoms with van der Waals surface area (Å²) >= 11 is 0. The number of nitrogens with zero attached hydrogens (tertiary/aromatic N) is 2. The Morgan fingerprint density at radius 2 is 1.79 bits per heavy atom. The molecule has 100 valence electrons. The van der Waals surface area contributed by atoms with Crippen LogP contribution in [0, 0.1) is 20.2 Å². The lowest BCUT2D eigenvalue weighted by molar-refractivity contribution is -0.395. The summed E-state index contributed by atoms with van der Waals surface area (Å²) in [4.78, 5) is 20.2. The van der Waals surface area contributed by atoms with Crippen LogP contribution in [-0.4, -0.2) is 23.1 Å². The third-order valence-electron chi connectivity index (χ3n) is 2.55. The second kappa shape index (κ2) is 5.12. The van der Waals surface area contributed by atoms with Crippen molar-refractivity contribution in [1.29, 1.82) is 0 Å². The van der Waals surface area contributed by atoms with Crippen LogP contribution >= 0.6 is 0 Å². The molecule has 8 heteroatoms. The van der Waals surface area contributed by atoms with Crippen LogP contribution < -0.4 is 0 Å². The molecule has 1 saturated heterocycles. The van der Waals surface area contributed by atoms with Crippen molar-refractivity contribution < 1.29 is 19.3 Å². The molecule has 0 N–H and O–H groups in total. The lowest BCUT2D eigenvalue weighted by Crippen LogP contribution is -2.20. The van der Waals surface area contributed by atoms with Gasteiger partial charge in [-0.05, 0) is 11.6 Å². The Hall–Kier alpha value is -2.32. The zero-order valence-electron chi connectivity index (χ0n) is 9.77. The summed E-state index contributed by atoms with van der Waals surface area (Å²) in [5, 5.41) is 21.6. The Kier molecular flexibility index (Phi) is 3.54. The molecule has 0 aliphatic carbocycles. The van der Waals surface area contributed by atoms with E-state index in [9.17, 15) is 20.2 Å². The molecule has 2 rings (SSSR count). The Morgan fingerprint density at radius 3 is 2.32 bits per heavy atom. The monoisotopic (exact) mass is 266 g/mol. The van der Waals surface area contributed by atoms with Gasteiger partial charge in [-0.1, -0.05) is 6.58 Å². The summed E-state index contributed by atoms with van der Waals surface area (Å²) in [6.45, 7) is 4.13. The van der Waals surface area contributed by atoms with Crippen LogP contribution in [0.3, 0.4) is 0 Å². The van der Waals surface area contributed by atoms with Crippen LogP contribution in [0.5, 0.6) is 0 Å². The molecule has 1 aromatic rings. The first-order valence-electron chi connectivity index (χ1n) is 5.31. The molecule has 0 saturated carbocycles. The molecule has 0 amide bonds. The van der Waals surface area contributed by atoms with Crippen LogP contribution in [0.15, 0.2) is 30.4 Å². The van der Waals surface area contributed by atoms with Crippen LogP contribution in [0.1, 0.15) is 11.9 Å². The van der Waals surface area contributed by atoms with Crippen molar-refractivity contribution >= 4 is 11.4 Å². The average molecular weight is 266 g/mol. The van der Waals surface area contributed by atoms with E-state index in [-0.39, 0.29) is 24.5 Å². The molecular formula is C11H10N2O6. The van der Waals surface area contributed by atoms with Gasteiger partial charge in [0.15, 0.2) is 6.29 Å². The normalized spacial score (nSPS) is 16.3. The highest BCUT2D eigenvalue weighted by atomic mass is 16.7. The molecule has 19 heavy (non-hydrogen) atoms. The smallest absolute Gasteiger partial charge is 0.284 e. The van der Waals surface area contributed by atoms with Crippen molar-refractivity contribution in [2.24, 2.45) is 0 Å². The lowest BCUT2D eigenvalue weighted by Gasteiger charge is -2.24. The third-order valence-corrected chi connectivity index (χ3v) is 2.55. The van der Waals surface area contributed by atoms with Crippen molar-refractivity contribution in [3.8, 4) is 0 Å². The van der Waals surface area contributed by atoms with E-state index in [2.05, 4.69) is 6.58 Å². The van der Waals surface area contributed by atoms with Gasteiger partial charge in [-0.2, -0.15) is 0 Å². The third kappa shape index (κ3) is 2.75. The number of rotatable bonds is 3. The fourth-order valence-electron chi connectivity index (χ4n) is 1.66. The van der Waals surface area contributed by atoms with Crippen molar-refractivity contribution in [3.05, 3.63) is 56.1 Å². The largest absolute Gasteiger partial charge is 0.344 e. The van der Waals surface area contributed by atoms with E-state index in [1.54, 1.807) is 0 Å². The predicted molar refractivity (Wildman–Crippen MR) is 63.5 cm³/mol. The van der Waals surface area contributed by atoms with E-state index in [0.29, 0.717) is 0 Å². The number of benzene rings is 1. The molecule has 0 radical (unpaired) electrons. The number of nitro groups is 2. The summed E-state index contributed by atoms with van der Waals surface area (Å²) in [5.41, 5.74) is 0.131. The van der Waals surface area contributed by atoms with Crippen LogP contribution in [0.25, 0.3) is 0 Å². The predicted octanol–water partition coefficient (Wildman–Crippen LogP) is 2.10. The van der Waals surface area contributed by atoms with E-state index in [4.69, 9.17) is 9.47 Å². The molecule has 1 heterocycles. The van der Waals surface area contributed by atoms with Crippen molar-refractivity contribution in [2.75, 3.05) is 13.2 Å². The molecule has 0 bridgehead atoms. The second-order valence-corrected chi connectivity index (χ2v) is 3.96. The van der Waals surface area contributed by atoms with Gasteiger partial charge in [0.05, 0.1) is 34.7 Å². The SMILES string of the molecule is C=C1COC(c2ccc([N+](=O)[O-])cc2[N+](=O)[O-])OC1. The molecule has 0 spiro atoms. The quantitative estimate of drug-likeness (QED) is 0.471. The minimum atomic E-state index is -0.910. The number of hydrogen-bond acceptors (Lipinski definition) is 6. The maximum absolute atomic E-state index is 11.0. The molecule has 0 aromatic heterocycles. The molecule has 0 unspecified atom stereocenters. The molecule has 1 aliphatic rings. The standard InChI is InChI=1S/C11H10N2O6/c1-7-5-18-11(19-6-7)9-3-2-8(12(14)15)4-10(9)13(16)17/h2-4,11H,1,5-6H2. The summed E-state index contributed by atoms with van der Waals surface area (Å²) in [7, 11) is 0. The fourth-order valence-corrected chi connectivity index (χ4v) is 1.66. The highest BCUT2D eigenvalue weighted by molar-refractivity contribution is 5.49. The molecule has 1 aromatic carbocycles. The topological polar surface area (TPSA) is 105 Å². The fraction of sp³-hybridized carbons (Fsp3) is 0.273. The summed E-state index contributed by atoms with van der Waals surface area (Å²) in [5.74, 6) is 0. The number of ether oxygens (including phenoxy) is 2. The summed E-state index contributed by atoms with van der Waals surface area (Å²) in [6, 6.07) is 3.35. The Bertz CT molecular complexity index is 546. The van der Waals surface area contributed by atoms with Gasteiger partial charge in [0.1, 0.15) is 0 Å². The number of hydrogen-bond donors (Lipinski definition) is 0. The van der Waals surface area contributed by atoms with E-state index >= 15 is 0 Å². The van der Waals surface area contributed by atoms with Gasteiger partial charge in [0.25, 0.3) is 11.4 Å². The van der Waals surface area contributed by atoms with Crippen LogP contribution in [0.4, 0.5) is 11.4 Å². The van der Waals surface area contributed by atoms with Crippen molar-refractivity contribution in [2.45, 2.75) is 6.29 Å². The highest BCUT2D eigenvalue weighted by Gasteiger charge is 2.28. The van der Waals surface area contributed by atoms with Gasteiger partial charge in [0.2, 0.25) is 0 Å². The highest BCUT2D eigenvalue weighted by Crippen LogP contribution is 2.33. The van der Waals surface area contributed by atoms with E-state index in [0.717, 1.165) is 11.6 Å². The molecule has 8 nitrogen and oxygen atoms in total. The minimum Gasteiger partial charge on any atom is -0.344 e. The van der Waals surface area contributed by atoms with Crippen molar-refractivity contribution in [1.82, 2.24) is 0 Å². The van der Waals surface area contributed by atoms with Gasteiger partial charge < -0.3 is 9.47 Å². The Morgan fingerprint density at radius 1 is 1.16 bits per heavy atom. The van der Waals surface area contributed by atoms with E-state index in [1.807, 2.05) is 0 Å². The first kappa shape index (κ1) is 13.1. The molecule has 1 fully saturated rings. The van der Waals surface area contributed by atoms with Gasteiger partial charge in [-0.25, -0.2) is 0 Å². The van der Waals surface area contributed by atoms with Gasteiger partial charge in [-0.15, -0.1) is 0 Å². The Labute approximate surface area is 107 Å². The minimum absolute atomic E-state index is 0.156. The number of non-ortho nitro benzene ring substituents is 1. The first-order valence-corrected chi connectivity index (χ1v) is 5.31. The molecule has 1 aliphatic heterocycles. The molecule has 0 atom stereocenters. The zero-order valence-corrected chi connectivity index (χ0v) is 9.77.